The van der Waals surface area contributed by atoms with Crippen LogP contribution >= 0.6 is 11.6 Å². The van der Waals surface area contributed by atoms with Gasteiger partial charge in [-0.2, -0.15) is 0 Å². The third-order valence-corrected chi connectivity index (χ3v) is 4.51. The van der Waals surface area contributed by atoms with Crippen molar-refractivity contribution in [1.82, 2.24) is 0 Å². The molecule has 1 atom stereocenters. The SMILES string of the molecule is CC(N)(CCc1ccc2c(c1)CCO2)c1ccccc1Cl. The average Bonchev–Trinajstić information content (AvgIpc) is 2.93. The Hall–Kier alpha value is -1.51. The zero-order chi connectivity index (χ0) is 14.9. The molecule has 0 amide bonds. The molecule has 0 saturated carbocycles. The summed E-state index contributed by atoms with van der Waals surface area (Å²) in [5, 5.41) is 0.741. The fraction of sp³-hybridized carbons (Fsp3) is 0.333. The van der Waals surface area contributed by atoms with Crippen LogP contribution in [0.25, 0.3) is 0 Å². The first-order chi connectivity index (χ1) is 10.1. The third kappa shape index (κ3) is 3.07. The molecule has 1 aliphatic heterocycles. The van der Waals surface area contributed by atoms with Crippen LogP contribution in [0.2, 0.25) is 5.02 Å². The van der Waals surface area contributed by atoms with Gasteiger partial charge in [0.15, 0.2) is 0 Å². The van der Waals surface area contributed by atoms with Crippen molar-refractivity contribution >= 4 is 11.6 Å². The highest BCUT2D eigenvalue weighted by molar-refractivity contribution is 6.31. The fourth-order valence-corrected chi connectivity index (χ4v) is 3.21. The van der Waals surface area contributed by atoms with Crippen LogP contribution in [0, 0.1) is 0 Å². The Morgan fingerprint density at radius 1 is 1.24 bits per heavy atom. The fourth-order valence-electron chi connectivity index (χ4n) is 2.86. The second-order valence-corrected chi connectivity index (χ2v) is 6.35. The number of halogens is 1. The summed E-state index contributed by atoms with van der Waals surface area (Å²) in [6.07, 6.45) is 2.80. The van der Waals surface area contributed by atoms with Crippen molar-refractivity contribution in [2.75, 3.05) is 6.61 Å². The van der Waals surface area contributed by atoms with Gasteiger partial charge in [-0.05, 0) is 48.6 Å². The molecule has 110 valence electrons. The number of benzene rings is 2. The van der Waals surface area contributed by atoms with Gasteiger partial charge in [-0.25, -0.2) is 0 Å². The van der Waals surface area contributed by atoms with Gasteiger partial charge >= 0.3 is 0 Å². The second-order valence-electron chi connectivity index (χ2n) is 5.94. The van der Waals surface area contributed by atoms with Crippen molar-refractivity contribution in [2.45, 2.75) is 31.7 Å². The Labute approximate surface area is 130 Å². The number of hydrogen-bond acceptors (Lipinski definition) is 2. The van der Waals surface area contributed by atoms with E-state index >= 15 is 0 Å². The van der Waals surface area contributed by atoms with E-state index in [1.807, 2.05) is 31.2 Å². The summed E-state index contributed by atoms with van der Waals surface area (Å²) in [4.78, 5) is 0. The quantitative estimate of drug-likeness (QED) is 0.923. The Morgan fingerprint density at radius 3 is 2.86 bits per heavy atom. The van der Waals surface area contributed by atoms with Crippen LogP contribution in [0.1, 0.15) is 30.0 Å². The number of rotatable bonds is 4. The maximum absolute atomic E-state index is 6.49. The highest BCUT2D eigenvalue weighted by Gasteiger charge is 2.23. The van der Waals surface area contributed by atoms with Crippen LogP contribution in [0.15, 0.2) is 42.5 Å². The van der Waals surface area contributed by atoms with Crippen molar-refractivity contribution < 1.29 is 4.74 Å². The van der Waals surface area contributed by atoms with E-state index in [1.54, 1.807) is 0 Å². The molecule has 1 aliphatic rings. The van der Waals surface area contributed by atoms with Gasteiger partial charge in [-0.1, -0.05) is 41.9 Å². The summed E-state index contributed by atoms with van der Waals surface area (Å²) in [6.45, 7) is 2.84. The van der Waals surface area contributed by atoms with Crippen LogP contribution in [-0.4, -0.2) is 6.61 Å². The van der Waals surface area contributed by atoms with Gasteiger partial charge in [0.25, 0.3) is 0 Å². The van der Waals surface area contributed by atoms with Gasteiger partial charge in [0.1, 0.15) is 5.75 Å². The van der Waals surface area contributed by atoms with E-state index < -0.39 is 5.54 Å². The standard InChI is InChI=1S/C18H20ClNO/c1-18(20,15-4-2-3-5-16(15)19)10-8-13-6-7-17-14(12-13)9-11-21-17/h2-7,12H,8-11,20H2,1H3. The molecule has 2 N–H and O–H groups in total. The molecule has 3 rings (SSSR count). The summed E-state index contributed by atoms with van der Waals surface area (Å²) >= 11 is 6.27. The van der Waals surface area contributed by atoms with Gasteiger partial charge in [0, 0.05) is 17.0 Å². The van der Waals surface area contributed by atoms with Gasteiger partial charge in [0.05, 0.1) is 6.61 Å². The molecule has 0 spiro atoms. The monoisotopic (exact) mass is 301 g/mol. The highest BCUT2D eigenvalue weighted by atomic mass is 35.5. The molecule has 21 heavy (non-hydrogen) atoms. The smallest absolute Gasteiger partial charge is 0.122 e. The lowest BCUT2D eigenvalue weighted by Gasteiger charge is -2.26. The van der Waals surface area contributed by atoms with Crippen molar-refractivity contribution in [3.63, 3.8) is 0 Å². The van der Waals surface area contributed by atoms with E-state index in [1.165, 1.54) is 11.1 Å². The first-order valence-electron chi connectivity index (χ1n) is 7.35. The number of fused-ring (bicyclic) bond motifs is 1. The summed E-state index contributed by atoms with van der Waals surface area (Å²) < 4.78 is 5.54. The number of aryl methyl sites for hydroxylation is 1. The first-order valence-corrected chi connectivity index (χ1v) is 7.72. The predicted octanol–water partition coefficient (Wildman–Crippen LogP) is 4.08. The Kier molecular flexibility index (Phi) is 3.92. The van der Waals surface area contributed by atoms with Gasteiger partial charge < -0.3 is 10.5 Å². The van der Waals surface area contributed by atoms with Crippen LogP contribution < -0.4 is 10.5 Å². The zero-order valence-corrected chi connectivity index (χ0v) is 13.0. The topological polar surface area (TPSA) is 35.2 Å². The lowest BCUT2D eigenvalue weighted by Crippen LogP contribution is -2.33. The summed E-state index contributed by atoms with van der Waals surface area (Å²) in [5.41, 5.74) is 9.70. The average molecular weight is 302 g/mol. The van der Waals surface area contributed by atoms with Crippen LogP contribution in [0.5, 0.6) is 5.75 Å². The molecule has 2 aromatic carbocycles. The van der Waals surface area contributed by atoms with Crippen molar-refractivity contribution in [1.29, 1.82) is 0 Å². The lowest BCUT2D eigenvalue weighted by atomic mass is 9.87. The Morgan fingerprint density at radius 2 is 2.05 bits per heavy atom. The molecule has 0 aromatic heterocycles. The van der Waals surface area contributed by atoms with Gasteiger partial charge in [-0.15, -0.1) is 0 Å². The zero-order valence-electron chi connectivity index (χ0n) is 12.2. The van der Waals surface area contributed by atoms with Crippen molar-refractivity contribution in [3.05, 3.63) is 64.2 Å². The first kappa shape index (κ1) is 14.4. The maximum atomic E-state index is 6.49. The summed E-state index contributed by atoms with van der Waals surface area (Å²) in [7, 11) is 0. The number of ether oxygens (including phenoxy) is 1. The number of nitrogens with two attached hydrogens (primary N) is 1. The van der Waals surface area contributed by atoms with Gasteiger partial charge in [0.2, 0.25) is 0 Å². The van der Waals surface area contributed by atoms with Crippen molar-refractivity contribution in [3.8, 4) is 5.75 Å². The molecule has 2 aromatic rings. The summed E-state index contributed by atoms with van der Waals surface area (Å²) in [6, 6.07) is 14.3. The molecular formula is C18H20ClNO. The van der Waals surface area contributed by atoms with E-state index in [2.05, 4.69) is 18.2 Å². The van der Waals surface area contributed by atoms with E-state index in [0.717, 1.165) is 42.2 Å². The van der Waals surface area contributed by atoms with Crippen LogP contribution in [-0.2, 0) is 18.4 Å². The molecule has 0 fully saturated rings. The van der Waals surface area contributed by atoms with E-state index in [-0.39, 0.29) is 0 Å². The molecule has 0 aliphatic carbocycles. The number of hydrogen-bond donors (Lipinski definition) is 1. The largest absolute Gasteiger partial charge is 0.493 e. The molecule has 3 heteroatoms. The summed E-state index contributed by atoms with van der Waals surface area (Å²) in [5.74, 6) is 1.03. The van der Waals surface area contributed by atoms with Crippen LogP contribution in [0.3, 0.4) is 0 Å². The molecule has 0 radical (unpaired) electrons. The Bertz CT molecular complexity index is 651. The van der Waals surface area contributed by atoms with Gasteiger partial charge in [-0.3, -0.25) is 0 Å². The second kappa shape index (κ2) is 5.70. The third-order valence-electron chi connectivity index (χ3n) is 4.18. The minimum atomic E-state index is -0.423. The highest BCUT2D eigenvalue weighted by Crippen LogP contribution is 2.31. The van der Waals surface area contributed by atoms with E-state index in [9.17, 15) is 0 Å². The molecular weight excluding hydrogens is 282 g/mol. The molecule has 0 saturated heterocycles. The Balaban J connectivity index is 1.73. The van der Waals surface area contributed by atoms with Crippen molar-refractivity contribution in [2.24, 2.45) is 5.73 Å². The normalized spacial score (nSPS) is 16.1. The van der Waals surface area contributed by atoms with E-state index in [0.29, 0.717) is 0 Å². The molecule has 1 unspecified atom stereocenters. The molecule has 0 bridgehead atoms. The lowest BCUT2D eigenvalue weighted by molar-refractivity contribution is 0.357. The van der Waals surface area contributed by atoms with E-state index in [4.69, 9.17) is 22.1 Å². The molecule has 1 heterocycles. The minimum absolute atomic E-state index is 0.423. The predicted molar refractivity (Wildman–Crippen MR) is 87.0 cm³/mol. The maximum Gasteiger partial charge on any atom is 0.122 e. The molecule has 2 nitrogen and oxygen atoms in total. The van der Waals surface area contributed by atoms with Crippen LogP contribution in [0.4, 0.5) is 0 Å². The minimum Gasteiger partial charge on any atom is -0.493 e.